The first-order valence-corrected chi connectivity index (χ1v) is 12.7. The Morgan fingerprint density at radius 1 is 1.03 bits per heavy atom. The Bertz CT molecular complexity index is 1310. The normalized spacial score (nSPS) is 17.2. The molecule has 0 radical (unpaired) electrons. The Morgan fingerprint density at radius 2 is 1.86 bits per heavy atom. The van der Waals surface area contributed by atoms with E-state index in [1.54, 1.807) is 0 Å². The molecule has 7 nitrogen and oxygen atoms in total. The van der Waals surface area contributed by atoms with Gasteiger partial charge in [0.2, 0.25) is 0 Å². The highest BCUT2D eigenvalue weighted by Crippen LogP contribution is 2.42. The third-order valence-electron chi connectivity index (χ3n) is 7.26. The average molecular weight is 466 g/mol. The van der Waals surface area contributed by atoms with Crippen LogP contribution in [-0.2, 0) is 0 Å². The van der Waals surface area contributed by atoms with Crippen molar-refractivity contribution >= 4 is 22.5 Å². The maximum atomic E-state index is 5.18. The number of piperazine rings is 1. The van der Waals surface area contributed by atoms with Crippen LogP contribution in [0.4, 0.5) is 11.6 Å². The molecule has 2 fully saturated rings. The molecule has 2 N–H and O–H groups in total. The number of aromatic nitrogens is 4. The van der Waals surface area contributed by atoms with Gasteiger partial charge in [0, 0.05) is 55.6 Å². The third kappa shape index (κ3) is 4.44. The minimum absolute atomic E-state index is 0.141. The largest absolute Gasteiger partial charge is 0.364 e. The minimum atomic E-state index is 0.141. The fraction of sp³-hybridized carbons (Fsp3) is 0.357. The van der Waals surface area contributed by atoms with E-state index in [2.05, 4.69) is 56.7 Å². The van der Waals surface area contributed by atoms with Crippen LogP contribution >= 0.6 is 0 Å². The van der Waals surface area contributed by atoms with Crippen molar-refractivity contribution in [2.24, 2.45) is 0 Å². The molecule has 7 heteroatoms. The van der Waals surface area contributed by atoms with E-state index in [0.29, 0.717) is 5.92 Å². The van der Waals surface area contributed by atoms with Gasteiger partial charge in [-0.15, -0.1) is 0 Å². The van der Waals surface area contributed by atoms with Crippen LogP contribution in [0.15, 0.2) is 61.1 Å². The van der Waals surface area contributed by atoms with Gasteiger partial charge in [-0.1, -0.05) is 36.8 Å². The van der Waals surface area contributed by atoms with Crippen LogP contribution in [0, 0.1) is 0 Å². The van der Waals surface area contributed by atoms with Gasteiger partial charge < -0.3 is 15.5 Å². The van der Waals surface area contributed by atoms with Crippen LogP contribution in [0.2, 0.25) is 0 Å². The van der Waals surface area contributed by atoms with Gasteiger partial charge >= 0.3 is 0 Å². The van der Waals surface area contributed by atoms with Gasteiger partial charge in [-0.2, -0.15) is 0 Å². The summed E-state index contributed by atoms with van der Waals surface area (Å²) in [6.07, 6.45) is 9.51. The quantitative estimate of drug-likeness (QED) is 0.418. The Labute approximate surface area is 206 Å². The molecule has 0 bridgehead atoms. The molecule has 0 spiro atoms. The topological polar surface area (TPSA) is 78.9 Å². The van der Waals surface area contributed by atoms with Crippen molar-refractivity contribution < 1.29 is 0 Å². The van der Waals surface area contributed by atoms with Crippen molar-refractivity contribution in [3.63, 3.8) is 0 Å². The van der Waals surface area contributed by atoms with Crippen molar-refractivity contribution in [1.82, 2.24) is 25.3 Å². The molecule has 1 saturated carbocycles. The zero-order valence-electron chi connectivity index (χ0n) is 20.1. The lowest BCUT2D eigenvalue weighted by atomic mass is 9.79. The van der Waals surface area contributed by atoms with E-state index in [1.165, 1.54) is 35.8 Å². The second-order valence-corrected chi connectivity index (χ2v) is 9.57. The lowest BCUT2D eigenvalue weighted by molar-refractivity contribution is 0.421. The molecule has 1 aromatic carbocycles. The Hall–Kier alpha value is -3.58. The number of hydrogen-bond donors (Lipinski definition) is 2. The van der Waals surface area contributed by atoms with Crippen molar-refractivity contribution in [3.05, 3.63) is 72.2 Å². The van der Waals surface area contributed by atoms with Crippen LogP contribution in [0.1, 0.15) is 49.3 Å². The number of nitrogens with zero attached hydrogens (tertiary/aromatic N) is 5. The summed E-state index contributed by atoms with van der Waals surface area (Å²) in [6, 6.07) is 14.6. The van der Waals surface area contributed by atoms with Gasteiger partial charge in [-0.05, 0) is 48.9 Å². The first-order chi connectivity index (χ1) is 17.3. The van der Waals surface area contributed by atoms with Crippen LogP contribution < -0.4 is 15.5 Å². The van der Waals surface area contributed by atoms with Gasteiger partial charge in [-0.3, -0.25) is 4.98 Å². The number of fused-ring (bicyclic) bond motifs is 1. The molecular weight excluding hydrogens is 434 g/mol. The molecule has 4 aromatic rings. The predicted octanol–water partition coefficient (Wildman–Crippen LogP) is 4.94. The molecule has 35 heavy (non-hydrogen) atoms. The minimum Gasteiger partial charge on any atom is -0.364 e. The second kappa shape index (κ2) is 9.58. The highest BCUT2D eigenvalue weighted by Gasteiger charge is 2.26. The second-order valence-electron chi connectivity index (χ2n) is 9.57. The fourth-order valence-electron chi connectivity index (χ4n) is 5.05. The van der Waals surface area contributed by atoms with Gasteiger partial charge in [0.25, 0.3) is 0 Å². The van der Waals surface area contributed by atoms with Crippen molar-refractivity contribution in [2.45, 2.75) is 38.1 Å². The molecule has 2 aliphatic rings. The molecule has 1 aliphatic carbocycles. The van der Waals surface area contributed by atoms with Crippen molar-refractivity contribution in [2.75, 3.05) is 36.4 Å². The number of pyridine rings is 2. The van der Waals surface area contributed by atoms with Gasteiger partial charge in [-0.25, -0.2) is 15.0 Å². The van der Waals surface area contributed by atoms with Crippen LogP contribution in [0.3, 0.4) is 0 Å². The van der Waals surface area contributed by atoms with Crippen LogP contribution in [-0.4, -0.2) is 46.1 Å². The van der Waals surface area contributed by atoms with E-state index in [1.807, 2.05) is 36.8 Å². The lowest BCUT2D eigenvalue weighted by Gasteiger charge is -2.32. The molecule has 3 aromatic heterocycles. The third-order valence-corrected chi connectivity index (χ3v) is 7.26. The molecule has 178 valence electrons. The molecular formula is C28H31N7. The van der Waals surface area contributed by atoms with Crippen LogP contribution in [0.5, 0.6) is 0 Å². The van der Waals surface area contributed by atoms with Crippen molar-refractivity contribution in [3.8, 4) is 11.4 Å². The zero-order valence-corrected chi connectivity index (χ0v) is 20.1. The first-order valence-electron chi connectivity index (χ1n) is 12.7. The Balaban J connectivity index is 1.40. The molecule has 6 rings (SSSR count). The highest BCUT2D eigenvalue weighted by molar-refractivity contribution is 5.94. The van der Waals surface area contributed by atoms with Gasteiger partial charge in [0.15, 0.2) is 5.82 Å². The number of benzene rings is 1. The first kappa shape index (κ1) is 21.9. The lowest BCUT2D eigenvalue weighted by Crippen LogP contribution is -2.44. The number of hydrogen-bond acceptors (Lipinski definition) is 7. The van der Waals surface area contributed by atoms with Crippen LogP contribution in [0.25, 0.3) is 22.3 Å². The average Bonchev–Trinajstić information content (AvgIpc) is 2.88. The molecule has 1 aliphatic heterocycles. The summed E-state index contributed by atoms with van der Waals surface area (Å²) in [5.74, 6) is 3.14. The SMILES string of the molecule is CC(Nc1cc(-c2nc(N3CCNCC3)c3c(C4CCC4)cncc3n2)ccn1)c1ccccc1. The molecule has 1 saturated heterocycles. The summed E-state index contributed by atoms with van der Waals surface area (Å²) in [6.45, 7) is 5.95. The summed E-state index contributed by atoms with van der Waals surface area (Å²) in [7, 11) is 0. The maximum absolute atomic E-state index is 5.18. The van der Waals surface area contributed by atoms with E-state index in [0.717, 1.165) is 54.7 Å². The van der Waals surface area contributed by atoms with E-state index in [9.17, 15) is 0 Å². The molecule has 1 atom stereocenters. The number of anilines is 2. The van der Waals surface area contributed by atoms with Gasteiger partial charge in [0.1, 0.15) is 11.6 Å². The molecule has 0 amide bonds. The molecule has 4 heterocycles. The summed E-state index contributed by atoms with van der Waals surface area (Å²) in [4.78, 5) is 21.7. The highest BCUT2D eigenvalue weighted by atomic mass is 15.2. The summed E-state index contributed by atoms with van der Waals surface area (Å²) in [5, 5.41) is 8.17. The Kier molecular flexibility index (Phi) is 6.00. The van der Waals surface area contributed by atoms with E-state index in [-0.39, 0.29) is 6.04 Å². The van der Waals surface area contributed by atoms with Crippen molar-refractivity contribution in [1.29, 1.82) is 0 Å². The molecule has 1 unspecified atom stereocenters. The summed E-state index contributed by atoms with van der Waals surface area (Å²) in [5.41, 5.74) is 4.41. The van der Waals surface area contributed by atoms with E-state index < -0.39 is 0 Å². The summed E-state index contributed by atoms with van der Waals surface area (Å²) >= 11 is 0. The number of nitrogens with one attached hydrogen (secondary N) is 2. The fourth-order valence-corrected chi connectivity index (χ4v) is 5.05. The van der Waals surface area contributed by atoms with E-state index >= 15 is 0 Å². The van der Waals surface area contributed by atoms with E-state index in [4.69, 9.17) is 9.97 Å². The van der Waals surface area contributed by atoms with Gasteiger partial charge in [0.05, 0.1) is 11.7 Å². The maximum Gasteiger partial charge on any atom is 0.162 e. The zero-order chi connectivity index (χ0) is 23.6. The smallest absolute Gasteiger partial charge is 0.162 e. The Morgan fingerprint density at radius 3 is 2.63 bits per heavy atom. The monoisotopic (exact) mass is 465 g/mol. The number of rotatable bonds is 6. The standard InChI is InChI=1S/C28H31N7/c1-19(20-6-3-2-4-7-20)32-25-16-22(10-11-31-25)27-33-24-18-30-17-23(21-8-5-9-21)26(24)28(34-27)35-14-12-29-13-15-35/h2-4,6-7,10-11,16-19,21,29H,5,8-9,12-15H2,1H3,(H,31,32). The summed E-state index contributed by atoms with van der Waals surface area (Å²) < 4.78 is 0. The predicted molar refractivity (Wildman–Crippen MR) is 141 cm³/mol.